The van der Waals surface area contributed by atoms with Crippen LogP contribution in [-0.2, 0) is 16.1 Å². The van der Waals surface area contributed by atoms with E-state index < -0.39 is 5.97 Å². The molecule has 1 heterocycles. The third-order valence-electron chi connectivity index (χ3n) is 2.15. The summed E-state index contributed by atoms with van der Waals surface area (Å²) >= 11 is 4.45. The zero-order chi connectivity index (χ0) is 11.7. The van der Waals surface area contributed by atoms with Crippen molar-refractivity contribution < 1.29 is 9.53 Å². The van der Waals surface area contributed by atoms with E-state index in [0.29, 0.717) is 0 Å². The molecule has 0 aliphatic heterocycles. The van der Waals surface area contributed by atoms with Crippen LogP contribution < -0.4 is 4.87 Å². The number of carbonyl (C=O) groups is 1. The summed E-state index contributed by atoms with van der Waals surface area (Å²) < 4.78 is 7.72. The van der Waals surface area contributed by atoms with Crippen LogP contribution in [0.4, 0.5) is 0 Å². The Labute approximate surface area is 104 Å². The summed E-state index contributed by atoms with van der Waals surface area (Å²) in [5, 5.41) is 0. The highest BCUT2D eigenvalue weighted by Gasteiger charge is 2.11. The average Bonchev–Trinajstić information content (AvgIpc) is 2.54. The van der Waals surface area contributed by atoms with Crippen molar-refractivity contribution >= 4 is 43.5 Å². The number of hydrogen-bond donors (Lipinski definition) is 0. The molecular weight excluding hydrogens is 294 g/mol. The number of ether oxygens (including phenoxy) is 1. The number of nitrogens with zero attached hydrogens (tertiary/aromatic N) is 1. The quantitative estimate of drug-likeness (QED) is 0.797. The second-order valence-electron chi connectivity index (χ2n) is 3.14. The molecular formula is C10H8BrNO3S. The molecule has 0 unspecified atom stereocenters. The minimum atomic E-state index is -0.426. The highest BCUT2D eigenvalue weighted by Crippen LogP contribution is 2.21. The Morgan fingerprint density at radius 1 is 1.56 bits per heavy atom. The number of carbonyl (C=O) groups excluding carboxylic acids is 1. The van der Waals surface area contributed by atoms with E-state index in [1.165, 1.54) is 11.7 Å². The summed E-state index contributed by atoms with van der Waals surface area (Å²) in [6, 6.07) is 5.50. The zero-order valence-electron chi connectivity index (χ0n) is 8.40. The summed E-state index contributed by atoms with van der Waals surface area (Å²) in [6.45, 7) is -0.0447. The third-order valence-corrected chi connectivity index (χ3v) is 3.58. The summed E-state index contributed by atoms with van der Waals surface area (Å²) in [4.78, 5) is 22.7. The minimum Gasteiger partial charge on any atom is -0.468 e. The normalized spacial score (nSPS) is 10.6. The number of fused-ring (bicyclic) bond motifs is 1. The number of methoxy groups -OCH3 is 1. The topological polar surface area (TPSA) is 48.3 Å². The first-order chi connectivity index (χ1) is 7.61. The summed E-state index contributed by atoms with van der Waals surface area (Å²) in [7, 11) is 1.30. The molecule has 2 rings (SSSR count). The number of aromatic nitrogens is 1. The van der Waals surface area contributed by atoms with Crippen LogP contribution in [0.2, 0.25) is 0 Å². The molecule has 0 N–H and O–H groups in total. The van der Waals surface area contributed by atoms with E-state index >= 15 is 0 Å². The average molecular weight is 302 g/mol. The van der Waals surface area contributed by atoms with Crippen LogP contribution in [-0.4, -0.2) is 17.6 Å². The van der Waals surface area contributed by atoms with Gasteiger partial charge in [-0.1, -0.05) is 27.3 Å². The van der Waals surface area contributed by atoms with Gasteiger partial charge in [0, 0.05) is 4.47 Å². The predicted octanol–water partition coefficient (Wildman–Crippen LogP) is 2.00. The predicted molar refractivity (Wildman–Crippen MR) is 65.8 cm³/mol. The van der Waals surface area contributed by atoms with Gasteiger partial charge in [0.25, 0.3) is 0 Å². The Bertz CT molecular complexity index is 602. The van der Waals surface area contributed by atoms with E-state index in [4.69, 9.17) is 0 Å². The maximum atomic E-state index is 11.7. The first kappa shape index (κ1) is 11.3. The number of rotatable bonds is 2. The van der Waals surface area contributed by atoms with Crippen LogP contribution in [0, 0.1) is 0 Å². The van der Waals surface area contributed by atoms with Gasteiger partial charge in [0.2, 0.25) is 0 Å². The second-order valence-corrected chi connectivity index (χ2v) is 5.05. The highest BCUT2D eigenvalue weighted by atomic mass is 79.9. The van der Waals surface area contributed by atoms with E-state index in [9.17, 15) is 9.59 Å². The van der Waals surface area contributed by atoms with Crippen LogP contribution >= 0.6 is 27.3 Å². The molecule has 1 aromatic heterocycles. The molecule has 0 saturated heterocycles. The standard InChI is InChI=1S/C10H8BrNO3S/c1-15-9(13)5-12-7-3-2-6(11)4-8(7)16-10(12)14/h2-4H,5H2,1H3. The molecule has 0 radical (unpaired) electrons. The molecule has 2 aromatic rings. The fourth-order valence-corrected chi connectivity index (χ4v) is 2.83. The van der Waals surface area contributed by atoms with E-state index in [1.54, 1.807) is 6.07 Å². The number of thiazole rings is 1. The molecule has 6 heteroatoms. The van der Waals surface area contributed by atoms with Gasteiger partial charge in [-0.25, -0.2) is 0 Å². The Morgan fingerprint density at radius 2 is 2.31 bits per heavy atom. The third kappa shape index (κ3) is 2.03. The van der Waals surface area contributed by atoms with E-state index in [1.807, 2.05) is 12.1 Å². The van der Waals surface area contributed by atoms with Gasteiger partial charge in [-0.15, -0.1) is 0 Å². The van der Waals surface area contributed by atoms with Crippen molar-refractivity contribution in [2.24, 2.45) is 0 Å². The van der Waals surface area contributed by atoms with Crippen LogP contribution in [0.1, 0.15) is 0 Å². The molecule has 0 bridgehead atoms. The Morgan fingerprint density at radius 3 is 3.00 bits per heavy atom. The van der Waals surface area contributed by atoms with Crippen molar-refractivity contribution in [3.8, 4) is 0 Å². The number of halogens is 1. The van der Waals surface area contributed by atoms with Crippen molar-refractivity contribution in [1.82, 2.24) is 4.57 Å². The lowest BCUT2D eigenvalue weighted by atomic mass is 10.3. The lowest BCUT2D eigenvalue weighted by Gasteiger charge is -2.01. The van der Waals surface area contributed by atoms with Crippen LogP contribution in [0.15, 0.2) is 27.5 Å². The van der Waals surface area contributed by atoms with E-state index in [2.05, 4.69) is 20.7 Å². The van der Waals surface area contributed by atoms with E-state index in [0.717, 1.165) is 26.0 Å². The molecule has 0 spiro atoms. The number of hydrogen-bond acceptors (Lipinski definition) is 4. The molecule has 0 aliphatic rings. The maximum absolute atomic E-state index is 11.7. The summed E-state index contributed by atoms with van der Waals surface area (Å²) in [5.41, 5.74) is 0.753. The molecule has 4 nitrogen and oxygen atoms in total. The first-order valence-electron chi connectivity index (χ1n) is 4.47. The number of esters is 1. The molecule has 0 fully saturated rings. The molecule has 84 valence electrons. The molecule has 0 aliphatic carbocycles. The lowest BCUT2D eigenvalue weighted by molar-refractivity contribution is -0.141. The Balaban J connectivity index is 2.56. The zero-order valence-corrected chi connectivity index (χ0v) is 10.8. The molecule has 16 heavy (non-hydrogen) atoms. The summed E-state index contributed by atoms with van der Waals surface area (Å²) in [5.74, 6) is -0.426. The lowest BCUT2D eigenvalue weighted by Crippen LogP contribution is -2.19. The van der Waals surface area contributed by atoms with Crippen molar-refractivity contribution in [2.45, 2.75) is 6.54 Å². The van der Waals surface area contributed by atoms with Crippen molar-refractivity contribution in [3.63, 3.8) is 0 Å². The van der Waals surface area contributed by atoms with Crippen molar-refractivity contribution in [2.75, 3.05) is 7.11 Å². The van der Waals surface area contributed by atoms with E-state index in [-0.39, 0.29) is 11.4 Å². The van der Waals surface area contributed by atoms with Gasteiger partial charge >= 0.3 is 10.8 Å². The highest BCUT2D eigenvalue weighted by molar-refractivity contribution is 9.10. The van der Waals surface area contributed by atoms with Gasteiger partial charge in [-0.3, -0.25) is 14.2 Å². The Hall–Kier alpha value is -1.14. The van der Waals surface area contributed by atoms with Gasteiger partial charge in [-0.05, 0) is 18.2 Å². The van der Waals surface area contributed by atoms with Gasteiger partial charge in [0.1, 0.15) is 6.54 Å². The van der Waals surface area contributed by atoms with Crippen LogP contribution in [0.3, 0.4) is 0 Å². The molecule has 0 amide bonds. The SMILES string of the molecule is COC(=O)Cn1c(=O)sc2cc(Br)ccc21. The smallest absolute Gasteiger partial charge is 0.325 e. The van der Waals surface area contributed by atoms with Gasteiger partial charge in [0.05, 0.1) is 17.3 Å². The second kappa shape index (κ2) is 4.39. The molecule has 0 saturated carbocycles. The fraction of sp³-hybridized carbons (Fsp3) is 0.200. The number of benzene rings is 1. The monoisotopic (exact) mass is 301 g/mol. The minimum absolute atomic E-state index is 0.0447. The van der Waals surface area contributed by atoms with Gasteiger partial charge in [0.15, 0.2) is 0 Å². The van der Waals surface area contributed by atoms with Crippen molar-refractivity contribution in [1.29, 1.82) is 0 Å². The van der Waals surface area contributed by atoms with Crippen molar-refractivity contribution in [3.05, 3.63) is 32.3 Å². The maximum Gasteiger partial charge on any atom is 0.325 e. The largest absolute Gasteiger partial charge is 0.468 e. The first-order valence-corrected chi connectivity index (χ1v) is 6.08. The molecule has 1 aromatic carbocycles. The van der Waals surface area contributed by atoms with Crippen LogP contribution in [0.25, 0.3) is 10.2 Å². The van der Waals surface area contributed by atoms with Gasteiger partial charge in [-0.2, -0.15) is 0 Å². The summed E-state index contributed by atoms with van der Waals surface area (Å²) in [6.07, 6.45) is 0. The Kier molecular flexibility index (Phi) is 3.11. The molecule has 0 atom stereocenters. The van der Waals surface area contributed by atoms with Gasteiger partial charge < -0.3 is 4.74 Å². The van der Waals surface area contributed by atoms with Crippen LogP contribution in [0.5, 0.6) is 0 Å². The fourth-order valence-electron chi connectivity index (χ4n) is 1.38.